The lowest BCUT2D eigenvalue weighted by Gasteiger charge is -2.29. The molecule has 1 unspecified atom stereocenters. The smallest absolute Gasteiger partial charge is 0.410 e. The van der Waals surface area contributed by atoms with Crippen molar-refractivity contribution in [2.45, 2.75) is 72.1 Å². The zero-order valence-electron chi connectivity index (χ0n) is 15.1. The Morgan fingerprint density at radius 3 is 2.24 bits per heavy atom. The molecule has 5 nitrogen and oxygen atoms in total. The van der Waals surface area contributed by atoms with Crippen LogP contribution in [0.4, 0.5) is 4.79 Å². The number of rotatable bonds is 8. The van der Waals surface area contributed by atoms with Crippen LogP contribution in [0.5, 0.6) is 0 Å². The maximum Gasteiger partial charge on any atom is 0.410 e. The van der Waals surface area contributed by atoms with Gasteiger partial charge in [0.15, 0.2) is 0 Å². The topological polar surface area (TPSA) is 50.8 Å². The minimum atomic E-state index is -0.451. The van der Waals surface area contributed by atoms with Crippen molar-refractivity contribution in [3.8, 4) is 0 Å². The van der Waals surface area contributed by atoms with Gasteiger partial charge >= 0.3 is 6.09 Å². The Morgan fingerprint density at radius 1 is 1.24 bits per heavy atom. The summed E-state index contributed by atoms with van der Waals surface area (Å²) in [6, 6.07) is 0.331. The number of ether oxygens (including phenoxy) is 2. The Kier molecular flexibility index (Phi) is 8.26. The van der Waals surface area contributed by atoms with Gasteiger partial charge in [0.1, 0.15) is 5.60 Å². The highest BCUT2D eigenvalue weighted by Crippen LogP contribution is 2.15. The molecule has 0 rings (SSSR count). The summed E-state index contributed by atoms with van der Waals surface area (Å²) in [5, 5.41) is 3.43. The first kappa shape index (κ1) is 20.2. The molecule has 126 valence electrons. The van der Waals surface area contributed by atoms with Crippen molar-refractivity contribution in [3.63, 3.8) is 0 Å². The number of nitrogens with zero attached hydrogens (tertiary/aromatic N) is 1. The molecule has 1 atom stereocenters. The second kappa shape index (κ2) is 8.59. The molecule has 0 spiro atoms. The highest BCUT2D eigenvalue weighted by Gasteiger charge is 2.22. The molecule has 0 heterocycles. The average molecular weight is 302 g/mol. The van der Waals surface area contributed by atoms with E-state index in [4.69, 9.17) is 9.47 Å². The SMILES string of the molecule is CCN(CCNC(C)CC(C)(C)OC)C(=O)OC(C)(C)C. The summed E-state index contributed by atoms with van der Waals surface area (Å²) in [6.07, 6.45) is 0.666. The van der Waals surface area contributed by atoms with Crippen LogP contribution in [0.3, 0.4) is 0 Å². The molecule has 0 radical (unpaired) electrons. The van der Waals surface area contributed by atoms with E-state index in [1.165, 1.54) is 0 Å². The third kappa shape index (κ3) is 9.69. The number of methoxy groups -OCH3 is 1. The molecule has 0 aromatic heterocycles. The van der Waals surface area contributed by atoms with E-state index in [1.54, 1.807) is 12.0 Å². The lowest BCUT2D eigenvalue weighted by Crippen LogP contribution is -2.43. The van der Waals surface area contributed by atoms with Crippen molar-refractivity contribution in [2.75, 3.05) is 26.7 Å². The predicted molar refractivity (Wildman–Crippen MR) is 86.7 cm³/mol. The summed E-state index contributed by atoms with van der Waals surface area (Å²) in [5.74, 6) is 0. The van der Waals surface area contributed by atoms with Gasteiger partial charge in [0.25, 0.3) is 0 Å². The highest BCUT2D eigenvalue weighted by molar-refractivity contribution is 5.68. The van der Waals surface area contributed by atoms with Gasteiger partial charge in [-0.25, -0.2) is 4.79 Å². The Morgan fingerprint density at radius 2 is 1.81 bits per heavy atom. The summed E-state index contributed by atoms with van der Waals surface area (Å²) in [6.45, 7) is 15.9. The second-order valence-corrected chi connectivity index (χ2v) is 7.08. The third-order valence-electron chi connectivity index (χ3n) is 3.26. The zero-order valence-corrected chi connectivity index (χ0v) is 15.1. The van der Waals surface area contributed by atoms with Crippen LogP contribution in [-0.2, 0) is 9.47 Å². The van der Waals surface area contributed by atoms with E-state index in [9.17, 15) is 4.79 Å². The van der Waals surface area contributed by atoms with Gasteiger partial charge in [0.2, 0.25) is 0 Å². The number of amides is 1. The zero-order chi connectivity index (χ0) is 16.7. The van der Waals surface area contributed by atoms with Crippen molar-refractivity contribution in [1.82, 2.24) is 10.2 Å². The van der Waals surface area contributed by atoms with Gasteiger partial charge in [-0.15, -0.1) is 0 Å². The van der Waals surface area contributed by atoms with Crippen LogP contribution in [0.25, 0.3) is 0 Å². The van der Waals surface area contributed by atoms with E-state index in [-0.39, 0.29) is 11.7 Å². The molecule has 1 amide bonds. The Bertz CT molecular complexity index is 311. The molecule has 0 aromatic rings. The molecule has 0 aliphatic heterocycles. The van der Waals surface area contributed by atoms with Gasteiger partial charge in [0.05, 0.1) is 5.60 Å². The Hall–Kier alpha value is -0.810. The van der Waals surface area contributed by atoms with E-state index >= 15 is 0 Å². The maximum absolute atomic E-state index is 12.0. The first-order chi connectivity index (χ1) is 9.50. The molecule has 5 heteroatoms. The van der Waals surface area contributed by atoms with E-state index in [0.29, 0.717) is 19.1 Å². The molecular formula is C16H34N2O3. The molecule has 0 aliphatic carbocycles. The van der Waals surface area contributed by atoms with Gasteiger partial charge in [-0.3, -0.25) is 0 Å². The van der Waals surface area contributed by atoms with Gasteiger partial charge in [0, 0.05) is 32.8 Å². The van der Waals surface area contributed by atoms with E-state index in [2.05, 4.69) is 26.1 Å². The molecule has 21 heavy (non-hydrogen) atoms. The van der Waals surface area contributed by atoms with Gasteiger partial charge in [-0.05, 0) is 54.9 Å². The first-order valence-corrected chi connectivity index (χ1v) is 7.77. The molecule has 1 N–H and O–H groups in total. The van der Waals surface area contributed by atoms with Crippen molar-refractivity contribution in [3.05, 3.63) is 0 Å². The Labute approximate surface area is 130 Å². The number of carbonyl (C=O) groups is 1. The lowest BCUT2D eigenvalue weighted by molar-refractivity contribution is 0.00777. The van der Waals surface area contributed by atoms with Crippen molar-refractivity contribution in [1.29, 1.82) is 0 Å². The monoisotopic (exact) mass is 302 g/mol. The number of carbonyl (C=O) groups excluding carboxylic acids is 1. The van der Waals surface area contributed by atoms with Crippen LogP contribution in [0, 0.1) is 0 Å². The summed E-state index contributed by atoms with van der Waals surface area (Å²) in [4.78, 5) is 13.7. The van der Waals surface area contributed by atoms with E-state index in [0.717, 1.165) is 13.0 Å². The number of nitrogens with one attached hydrogen (secondary N) is 1. The normalized spacial score (nSPS) is 13.9. The third-order valence-corrected chi connectivity index (χ3v) is 3.26. The van der Waals surface area contributed by atoms with E-state index < -0.39 is 5.60 Å². The summed E-state index contributed by atoms with van der Waals surface area (Å²) >= 11 is 0. The average Bonchev–Trinajstić information content (AvgIpc) is 2.31. The van der Waals surface area contributed by atoms with Crippen LogP contribution >= 0.6 is 0 Å². The van der Waals surface area contributed by atoms with Crippen LogP contribution in [0.1, 0.15) is 54.9 Å². The molecule has 0 saturated carbocycles. The molecule has 0 saturated heterocycles. The summed E-state index contributed by atoms with van der Waals surface area (Å²) in [5.41, 5.74) is -0.588. The maximum atomic E-state index is 12.0. The number of hydrogen-bond donors (Lipinski definition) is 1. The highest BCUT2D eigenvalue weighted by atomic mass is 16.6. The first-order valence-electron chi connectivity index (χ1n) is 7.77. The van der Waals surface area contributed by atoms with Gasteiger partial charge in [-0.2, -0.15) is 0 Å². The van der Waals surface area contributed by atoms with Crippen molar-refractivity contribution in [2.24, 2.45) is 0 Å². The molecule has 0 bridgehead atoms. The fourth-order valence-electron chi connectivity index (χ4n) is 2.04. The molecule has 0 fully saturated rings. The number of likely N-dealkylation sites (N-methyl/N-ethyl adjacent to an activating group) is 1. The van der Waals surface area contributed by atoms with Crippen molar-refractivity contribution < 1.29 is 14.3 Å². The van der Waals surface area contributed by atoms with Gasteiger partial charge < -0.3 is 19.7 Å². The fourth-order valence-corrected chi connectivity index (χ4v) is 2.04. The predicted octanol–water partition coefficient (Wildman–Crippen LogP) is 3.04. The minimum absolute atomic E-state index is 0.137. The molecular weight excluding hydrogens is 268 g/mol. The van der Waals surface area contributed by atoms with E-state index in [1.807, 2.05) is 27.7 Å². The molecule has 0 aliphatic rings. The largest absolute Gasteiger partial charge is 0.444 e. The second-order valence-electron chi connectivity index (χ2n) is 7.08. The summed E-state index contributed by atoms with van der Waals surface area (Å²) in [7, 11) is 1.73. The lowest BCUT2D eigenvalue weighted by atomic mass is 10.00. The Balaban J connectivity index is 4.15. The number of hydrogen-bond acceptors (Lipinski definition) is 4. The fraction of sp³-hybridized carbons (Fsp3) is 0.938. The molecule has 0 aromatic carbocycles. The summed E-state index contributed by atoms with van der Waals surface area (Å²) < 4.78 is 10.8. The quantitative estimate of drug-likeness (QED) is 0.749. The van der Waals surface area contributed by atoms with Crippen LogP contribution in [-0.4, -0.2) is 55.0 Å². The standard InChI is InChI=1S/C16H34N2O3/c1-9-18(14(19)21-15(3,4)5)11-10-17-13(2)12-16(6,7)20-8/h13,17H,9-12H2,1-8H3. The van der Waals surface area contributed by atoms with Crippen LogP contribution < -0.4 is 5.32 Å². The van der Waals surface area contributed by atoms with Crippen LogP contribution in [0.15, 0.2) is 0 Å². The van der Waals surface area contributed by atoms with Crippen LogP contribution in [0.2, 0.25) is 0 Å². The van der Waals surface area contributed by atoms with Gasteiger partial charge in [-0.1, -0.05) is 0 Å². The minimum Gasteiger partial charge on any atom is -0.444 e. The van der Waals surface area contributed by atoms with Crippen molar-refractivity contribution >= 4 is 6.09 Å².